The second-order valence-electron chi connectivity index (χ2n) is 10.6. The number of rotatable bonds is 0. The molecule has 25 heavy (non-hydrogen) atoms. The highest BCUT2D eigenvalue weighted by Gasteiger charge is 2.77. The van der Waals surface area contributed by atoms with Crippen LogP contribution in [0.4, 0.5) is 0 Å². The number of aliphatic hydroxyl groups is 2. The van der Waals surface area contributed by atoms with Gasteiger partial charge in [0.15, 0.2) is 0 Å². The molecule has 3 nitrogen and oxygen atoms in total. The topological polar surface area (TPSA) is 49.7 Å². The molecule has 4 heteroatoms. The zero-order chi connectivity index (χ0) is 17.8. The van der Waals surface area contributed by atoms with Crippen LogP contribution in [-0.4, -0.2) is 39.0 Å². The lowest BCUT2D eigenvalue weighted by atomic mass is 9.41. The van der Waals surface area contributed by atoms with E-state index in [0.717, 1.165) is 38.7 Å². The Morgan fingerprint density at radius 3 is 2.56 bits per heavy atom. The normalized spacial score (nSPS) is 66.0. The number of alkyl halides is 1. The molecule has 2 N–H and O–H groups in total. The SMILES string of the molecule is C[C@@H]1C[C@H](O)C[C@@]2(Br)[C@]13CO[C@]2(C)C[C@H]1[C@@H]2CC[C@H](O)[C@@]2(C)CC[C@@H]13. The Morgan fingerprint density at radius 1 is 1.04 bits per heavy atom. The van der Waals surface area contributed by atoms with Crippen LogP contribution >= 0.6 is 15.9 Å². The lowest BCUT2D eigenvalue weighted by Crippen LogP contribution is -2.69. The molecule has 0 spiro atoms. The Balaban J connectivity index is 1.62. The molecule has 1 heterocycles. The summed E-state index contributed by atoms with van der Waals surface area (Å²) in [6.45, 7) is 7.84. The van der Waals surface area contributed by atoms with Crippen LogP contribution in [0.5, 0.6) is 0 Å². The molecule has 5 aliphatic rings. The molecular weight excluding hydrogens is 380 g/mol. The number of aliphatic hydroxyl groups excluding tert-OH is 2. The molecule has 1 saturated heterocycles. The summed E-state index contributed by atoms with van der Waals surface area (Å²) in [5.74, 6) is 2.43. The Hall–Kier alpha value is 0.360. The van der Waals surface area contributed by atoms with Gasteiger partial charge >= 0.3 is 0 Å². The molecule has 5 fully saturated rings. The van der Waals surface area contributed by atoms with Gasteiger partial charge in [-0.05, 0) is 81.0 Å². The van der Waals surface area contributed by atoms with Gasteiger partial charge in [-0.3, -0.25) is 0 Å². The molecule has 1 aliphatic heterocycles. The van der Waals surface area contributed by atoms with Crippen molar-refractivity contribution in [1.29, 1.82) is 0 Å². The van der Waals surface area contributed by atoms with Crippen LogP contribution < -0.4 is 0 Å². The molecule has 4 saturated carbocycles. The van der Waals surface area contributed by atoms with E-state index < -0.39 is 0 Å². The first kappa shape index (κ1) is 17.5. The van der Waals surface area contributed by atoms with E-state index >= 15 is 0 Å². The summed E-state index contributed by atoms with van der Waals surface area (Å²) in [6.07, 6.45) is 6.98. The smallest absolute Gasteiger partial charge is 0.0817 e. The maximum absolute atomic E-state index is 10.7. The minimum Gasteiger partial charge on any atom is -0.393 e. The van der Waals surface area contributed by atoms with Gasteiger partial charge in [0.25, 0.3) is 0 Å². The van der Waals surface area contributed by atoms with Crippen molar-refractivity contribution >= 4 is 15.9 Å². The van der Waals surface area contributed by atoms with E-state index in [2.05, 4.69) is 36.7 Å². The largest absolute Gasteiger partial charge is 0.393 e. The first-order valence-corrected chi connectivity index (χ1v) is 11.2. The van der Waals surface area contributed by atoms with Crippen LogP contribution in [0.3, 0.4) is 0 Å². The van der Waals surface area contributed by atoms with Gasteiger partial charge < -0.3 is 14.9 Å². The lowest BCUT2D eigenvalue weighted by Gasteiger charge is -2.66. The Bertz CT molecular complexity index is 598. The zero-order valence-corrected chi connectivity index (χ0v) is 17.4. The first-order chi connectivity index (χ1) is 11.7. The number of ether oxygens (including phenoxy) is 1. The summed E-state index contributed by atoms with van der Waals surface area (Å²) >= 11 is 4.22. The third-order valence-corrected chi connectivity index (χ3v) is 11.8. The van der Waals surface area contributed by atoms with Crippen molar-refractivity contribution in [3.05, 3.63) is 0 Å². The second kappa shape index (κ2) is 5.04. The van der Waals surface area contributed by atoms with Gasteiger partial charge in [0, 0.05) is 5.41 Å². The summed E-state index contributed by atoms with van der Waals surface area (Å²) in [7, 11) is 0. The summed E-state index contributed by atoms with van der Waals surface area (Å²) in [6, 6.07) is 0. The highest BCUT2D eigenvalue weighted by molar-refractivity contribution is 9.10. The lowest BCUT2D eigenvalue weighted by molar-refractivity contribution is -0.149. The molecular formula is C21H33BrO3. The van der Waals surface area contributed by atoms with Crippen LogP contribution in [0.25, 0.3) is 0 Å². The van der Waals surface area contributed by atoms with Crippen molar-refractivity contribution in [2.75, 3.05) is 6.61 Å². The number of halogens is 1. The van der Waals surface area contributed by atoms with Crippen LogP contribution in [0.2, 0.25) is 0 Å². The monoisotopic (exact) mass is 412 g/mol. The molecule has 0 aromatic heterocycles. The van der Waals surface area contributed by atoms with Crippen LogP contribution in [-0.2, 0) is 4.74 Å². The standard InChI is InChI=1S/C21H33BrO3/c1-12-8-13(23)9-21(22)19(3)10-14-15-4-5-17(24)18(15,2)7-6-16(14)20(12,21)11-25-19/h12-17,23-24H,4-11H2,1-3H3/t12-,13+,14+,15+,16+,17+,18+,19-,20-,21+/m1/s1. The molecule has 10 atom stereocenters. The van der Waals surface area contributed by atoms with Crippen LogP contribution in [0.1, 0.15) is 65.7 Å². The quantitative estimate of drug-likeness (QED) is 0.593. The van der Waals surface area contributed by atoms with E-state index in [1.54, 1.807) is 0 Å². The van der Waals surface area contributed by atoms with E-state index in [1.807, 2.05) is 0 Å². The minimum atomic E-state index is -0.220. The van der Waals surface area contributed by atoms with Crippen molar-refractivity contribution in [1.82, 2.24) is 0 Å². The Kier molecular flexibility index (Phi) is 3.52. The fourth-order valence-electron chi connectivity index (χ4n) is 8.59. The molecule has 0 aromatic carbocycles. The molecule has 0 unspecified atom stereocenters. The Morgan fingerprint density at radius 2 is 1.80 bits per heavy atom. The fraction of sp³-hybridized carbons (Fsp3) is 1.00. The van der Waals surface area contributed by atoms with Gasteiger partial charge in [0.2, 0.25) is 0 Å². The minimum absolute atomic E-state index is 0.101. The molecule has 0 aromatic rings. The second-order valence-corrected chi connectivity index (χ2v) is 11.9. The van der Waals surface area contributed by atoms with Crippen molar-refractivity contribution in [2.24, 2.45) is 34.5 Å². The summed E-state index contributed by atoms with van der Waals surface area (Å²) in [5, 5.41) is 21.2. The van der Waals surface area contributed by atoms with E-state index in [0.29, 0.717) is 23.7 Å². The maximum atomic E-state index is 10.7. The zero-order valence-electron chi connectivity index (χ0n) is 15.8. The van der Waals surface area contributed by atoms with Crippen LogP contribution in [0.15, 0.2) is 0 Å². The number of hydrogen-bond donors (Lipinski definition) is 2. The Labute approximate surface area is 160 Å². The molecule has 142 valence electrons. The molecule has 5 rings (SSSR count). The van der Waals surface area contributed by atoms with Crippen molar-refractivity contribution in [3.63, 3.8) is 0 Å². The van der Waals surface area contributed by atoms with Gasteiger partial charge in [-0.1, -0.05) is 29.8 Å². The van der Waals surface area contributed by atoms with E-state index in [9.17, 15) is 10.2 Å². The third kappa shape index (κ3) is 1.80. The molecule has 0 radical (unpaired) electrons. The molecule has 4 aliphatic carbocycles. The van der Waals surface area contributed by atoms with Gasteiger partial charge in [-0.2, -0.15) is 0 Å². The molecule has 0 amide bonds. The van der Waals surface area contributed by atoms with Gasteiger partial charge in [0.05, 0.1) is 28.7 Å². The van der Waals surface area contributed by atoms with Crippen molar-refractivity contribution in [2.45, 2.75) is 87.9 Å². The van der Waals surface area contributed by atoms with E-state index in [-0.39, 0.29) is 33.0 Å². The molecule has 2 bridgehead atoms. The highest BCUT2D eigenvalue weighted by atomic mass is 79.9. The number of fused-ring (bicyclic) bond motifs is 3. The van der Waals surface area contributed by atoms with Gasteiger partial charge in [0.1, 0.15) is 0 Å². The third-order valence-electron chi connectivity index (χ3n) is 9.90. The predicted molar refractivity (Wildman–Crippen MR) is 101 cm³/mol. The maximum Gasteiger partial charge on any atom is 0.0817 e. The van der Waals surface area contributed by atoms with Crippen LogP contribution in [0, 0.1) is 34.5 Å². The average Bonchev–Trinajstić information content (AvgIpc) is 2.88. The van der Waals surface area contributed by atoms with Crippen molar-refractivity contribution < 1.29 is 14.9 Å². The van der Waals surface area contributed by atoms with Gasteiger partial charge in [-0.15, -0.1) is 0 Å². The van der Waals surface area contributed by atoms with Gasteiger partial charge in [-0.25, -0.2) is 0 Å². The van der Waals surface area contributed by atoms with Crippen molar-refractivity contribution in [3.8, 4) is 0 Å². The van der Waals surface area contributed by atoms with E-state index in [1.165, 1.54) is 12.8 Å². The number of hydrogen-bond acceptors (Lipinski definition) is 3. The predicted octanol–water partition coefficient (Wildman–Crippen LogP) is 3.89. The fourth-order valence-corrected chi connectivity index (χ4v) is 10.0. The summed E-state index contributed by atoms with van der Waals surface area (Å²) in [4.78, 5) is 0. The first-order valence-electron chi connectivity index (χ1n) is 10.4. The highest BCUT2D eigenvalue weighted by Crippen LogP contribution is 2.76. The van der Waals surface area contributed by atoms with E-state index in [4.69, 9.17) is 4.74 Å². The average molecular weight is 413 g/mol. The summed E-state index contributed by atoms with van der Waals surface area (Å²) in [5.41, 5.74) is 0.0473. The summed E-state index contributed by atoms with van der Waals surface area (Å²) < 4.78 is 6.50.